The molecule has 112 valence electrons. The second-order valence-electron chi connectivity index (χ2n) is 4.26. The van der Waals surface area contributed by atoms with Crippen molar-refractivity contribution in [1.82, 2.24) is 10.3 Å². The minimum atomic E-state index is -0.162. The number of nitrogens with zero attached hydrogens (tertiary/aromatic N) is 1. The Kier molecular flexibility index (Phi) is 4.99. The van der Waals surface area contributed by atoms with Crippen LogP contribution in [-0.4, -0.2) is 31.7 Å². The van der Waals surface area contributed by atoms with Crippen molar-refractivity contribution in [3.8, 4) is 11.5 Å². The molecule has 0 fully saturated rings. The van der Waals surface area contributed by atoms with Gasteiger partial charge in [0, 0.05) is 6.54 Å². The van der Waals surface area contributed by atoms with Crippen LogP contribution in [0.15, 0.2) is 24.4 Å². The smallest absolute Gasteiger partial charge is 0.263 e. The molecule has 0 aliphatic rings. The Hall–Kier alpha value is -2.28. The number of carbonyl (C=O) groups excluding carboxylic acids is 1. The number of aromatic nitrogens is 1. The monoisotopic (exact) mass is 307 g/mol. The molecule has 0 atom stereocenters. The summed E-state index contributed by atoms with van der Waals surface area (Å²) in [4.78, 5) is 16.2. The number of hydrogen-bond donors (Lipinski definition) is 2. The van der Waals surface area contributed by atoms with Crippen molar-refractivity contribution < 1.29 is 14.3 Å². The molecule has 1 amide bonds. The summed E-state index contributed by atoms with van der Waals surface area (Å²) in [6, 6.07) is 5.69. The quantitative estimate of drug-likeness (QED) is 0.848. The van der Waals surface area contributed by atoms with Gasteiger partial charge in [-0.25, -0.2) is 4.98 Å². The van der Waals surface area contributed by atoms with E-state index in [2.05, 4.69) is 10.3 Å². The fourth-order valence-corrected chi connectivity index (χ4v) is 2.44. The lowest BCUT2D eigenvalue weighted by Gasteiger charge is -2.09. The van der Waals surface area contributed by atoms with Crippen LogP contribution in [0.5, 0.6) is 11.5 Å². The summed E-state index contributed by atoms with van der Waals surface area (Å²) in [6.45, 7) is 0.520. The van der Waals surface area contributed by atoms with Crippen LogP contribution in [0, 0.1) is 0 Å². The maximum atomic E-state index is 11.8. The molecule has 0 aliphatic carbocycles. The van der Waals surface area contributed by atoms with Gasteiger partial charge in [0.2, 0.25) is 0 Å². The summed E-state index contributed by atoms with van der Waals surface area (Å²) < 4.78 is 10.4. The van der Waals surface area contributed by atoms with Crippen molar-refractivity contribution in [3.05, 3.63) is 34.8 Å². The Morgan fingerprint density at radius 1 is 1.33 bits per heavy atom. The first-order chi connectivity index (χ1) is 10.1. The largest absolute Gasteiger partial charge is 0.493 e. The number of nitrogens with two attached hydrogens (primary N) is 1. The van der Waals surface area contributed by atoms with Gasteiger partial charge in [-0.1, -0.05) is 17.4 Å². The standard InChI is InChI=1S/C14H17N3O3S/c1-19-10-4-3-9(7-11(10)20-2)5-6-16-13(18)12-8-17-14(15)21-12/h3-4,7-8H,5-6H2,1-2H3,(H2,15,17)(H,16,18). The van der Waals surface area contributed by atoms with E-state index in [9.17, 15) is 4.79 Å². The van der Waals surface area contributed by atoms with Crippen molar-refractivity contribution in [1.29, 1.82) is 0 Å². The van der Waals surface area contributed by atoms with Crippen LogP contribution in [0.1, 0.15) is 15.2 Å². The highest BCUT2D eigenvalue weighted by molar-refractivity contribution is 7.17. The van der Waals surface area contributed by atoms with Gasteiger partial charge >= 0.3 is 0 Å². The second-order valence-corrected chi connectivity index (χ2v) is 5.32. The van der Waals surface area contributed by atoms with Crippen LogP contribution < -0.4 is 20.5 Å². The summed E-state index contributed by atoms with van der Waals surface area (Å²) >= 11 is 1.17. The number of rotatable bonds is 6. The maximum Gasteiger partial charge on any atom is 0.263 e. The number of amides is 1. The SMILES string of the molecule is COc1ccc(CCNC(=O)c2cnc(N)s2)cc1OC. The lowest BCUT2D eigenvalue weighted by Crippen LogP contribution is -2.24. The van der Waals surface area contributed by atoms with Gasteiger partial charge in [-0.05, 0) is 24.1 Å². The van der Waals surface area contributed by atoms with Gasteiger partial charge in [0.15, 0.2) is 16.6 Å². The highest BCUT2D eigenvalue weighted by Crippen LogP contribution is 2.27. The molecule has 1 aromatic heterocycles. The molecule has 21 heavy (non-hydrogen) atoms. The number of carbonyl (C=O) groups is 1. The van der Waals surface area contributed by atoms with Gasteiger partial charge in [-0.2, -0.15) is 0 Å². The Morgan fingerprint density at radius 3 is 2.71 bits per heavy atom. The summed E-state index contributed by atoms with van der Waals surface area (Å²) in [6.07, 6.45) is 2.17. The van der Waals surface area contributed by atoms with Crippen LogP contribution in [0.3, 0.4) is 0 Å². The number of methoxy groups -OCH3 is 2. The molecule has 0 unspecified atom stereocenters. The normalized spacial score (nSPS) is 10.2. The van der Waals surface area contributed by atoms with Gasteiger partial charge < -0.3 is 20.5 Å². The molecule has 3 N–H and O–H groups in total. The number of nitrogen functional groups attached to an aromatic ring is 1. The molecular formula is C14H17N3O3S. The second kappa shape index (κ2) is 6.94. The van der Waals surface area contributed by atoms with E-state index in [4.69, 9.17) is 15.2 Å². The van der Waals surface area contributed by atoms with E-state index >= 15 is 0 Å². The third kappa shape index (κ3) is 3.85. The fraction of sp³-hybridized carbons (Fsp3) is 0.286. The first kappa shape index (κ1) is 15.1. The van der Waals surface area contributed by atoms with E-state index in [1.54, 1.807) is 14.2 Å². The molecule has 1 aromatic carbocycles. The first-order valence-corrected chi connectivity index (χ1v) is 7.16. The molecule has 0 bridgehead atoms. The lowest BCUT2D eigenvalue weighted by atomic mass is 10.1. The zero-order valence-corrected chi connectivity index (χ0v) is 12.7. The van der Waals surface area contributed by atoms with Crippen molar-refractivity contribution in [3.63, 3.8) is 0 Å². The molecule has 0 radical (unpaired) electrons. The molecule has 0 aliphatic heterocycles. The van der Waals surface area contributed by atoms with Gasteiger partial charge in [-0.15, -0.1) is 0 Å². The number of ether oxygens (including phenoxy) is 2. The average Bonchev–Trinajstić information content (AvgIpc) is 2.93. The van der Waals surface area contributed by atoms with E-state index < -0.39 is 0 Å². The molecule has 0 saturated carbocycles. The predicted molar refractivity (Wildman–Crippen MR) is 82.1 cm³/mol. The van der Waals surface area contributed by atoms with Gasteiger partial charge in [-0.3, -0.25) is 4.79 Å². The zero-order chi connectivity index (χ0) is 15.2. The summed E-state index contributed by atoms with van der Waals surface area (Å²) in [5, 5.41) is 3.22. The molecular weight excluding hydrogens is 290 g/mol. The molecule has 1 heterocycles. The molecule has 6 nitrogen and oxygen atoms in total. The third-order valence-electron chi connectivity index (χ3n) is 2.89. The van der Waals surface area contributed by atoms with Crippen molar-refractivity contribution >= 4 is 22.4 Å². The summed E-state index contributed by atoms with van der Waals surface area (Å²) in [7, 11) is 3.19. The number of nitrogens with one attached hydrogen (secondary N) is 1. The molecule has 0 saturated heterocycles. The fourth-order valence-electron chi connectivity index (χ4n) is 1.84. The van der Waals surface area contributed by atoms with E-state index in [0.717, 1.165) is 5.56 Å². The maximum absolute atomic E-state index is 11.8. The van der Waals surface area contributed by atoms with Crippen LogP contribution in [0.4, 0.5) is 5.13 Å². The first-order valence-electron chi connectivity index (χ1n) is 6.34. The van der Waals surface area contributed by atoms with Gasteiger partial charge in [0.1, 0.15) is 4.88 Å². The number of anilines is 1. The summed E-state index contributed by atoms with van der Waals surface area (Å²) in [5.74, 6) is 1.20. The highest BCUT2D eigenvalue weighted by atomic mass is 32.1. The van der Waals surface area contributed by atoms with Gasteiger partial charge in [0.25, 0.3) is 5.91 Å². The molecule has 0 spiro atoms. The van der Waals surface area contributed by atoms with Crippen LogP contribution in [0.25, 0.3) is 0 Å². The van der Waals surface area contributed by atoms with E-state index in [-0.39, 0.29) is 5.91 Å². The average molecular weight is 307 g/mol. The Labute approximate surface area is 126 Å². The number of thiazole rings is 1. The number of benzene rings is 1. The van der Waals surface area contributed by atoms with E-state index in [1.165, 1.54) is 17.5 Å². The van der Waals surface area contributed by atoms with Crippen LogP contribution >= 0.6 is 11.3 Å². The minimum absolute atomic E-state index is 0.162. The van der Waals surface area contributed by atoms with Crippen molar-refractivity contribution in [2.24, 2.45) is 0 Å². The molecule has 7 heteroatoms. The third-order valence-corrected chi connectivity index (χ3v) is 3.72. The Bertz CT molecular complexity index is 628. The topological polar surface area (TPSA) is 86.5 Å². The van der Waals surface area contributed by atoms with Gasteiger partial charge in [0.05, 0.1) is 20.4 Å². The Balaban J connectivity index is 1.90. The predicted octanol–water partition coefficient (Wildman–Crippen LogP) is 1.72. The molecule has 2 rings (SSSR count). The lowest BCUT2D eigenvalue weighted by molar-refractivity contribution is 0.0958. The zero-order valence-electron chi connectivity index (χ0n) is 11.9. The van der Waals surface area contributed by atoms with E-state index in [1.807, 2.05) is 18.2 Å². The van der Waals surface area contributed by atoms with E-state index in [0.29, 0.717) is 34.5 Å². The minimum Gasteiger partial charge on any atom is -0.493 e. The summed E-state index contributed by atoms with van der Waals surface area (Å²) in [5.41, 5.74) is 6.55. The Morgan fingerprint density at radius 2 is 2.10 bits per heavy atom. The van der Waals surface area contributed by atoms with Crippen molar-refractivity contribution in [2.45, 2.75) is 6.42 Å². The van der Waals surface area contributed by atoms with Crippen molar-refractivity contribution in [2.75, 3.05) is 26.5 Å². The van der Waals surface area contributed by atoms with Crippen LogP contribution in [-0.2, 0) is 6.42 Å². The van der Waals surface area contributed by atoms with Crippen LogP contribution in [0.2, 0.25) is 0 Å². The molecule has 2 aromatic rings. The highest BCUT2D eigenvalue weighted by Gasteiger charge is 2.09. The number of hydrogen-bond acceptors (Lipinski definition) is 6.